The van der Waals surface area contributed by atoms with Gasteiger partial charge in [-0.1, -0.05) is 19.9 Å². The van der Waals surface area contributed by atoms with Crippen LogP contribution in [0.15, 0.2) is 18.2 Å². The zero-order valence-corrected chi connectivity index (χ0v) is 13.4. The third-order valence-electron chi connectivity index (χ3n) is 3.19. The average molecular weight is 276 g/mol. The van der Waals surface area contributed by atoms with Gasteiger partial charge in [-0.05, 0) is 44.6 Å². The van der Waals surface area contributed by atoms with E-state index in [1.165, 1.54) is 5.56 Å². The Labute approximate surface area is 123 Å². The molecule has 0 spiro atoms. The number of rotatable bonds is 7. The number of benzene rings is 1. The van der Waals surface area contributed by atoms with Gasteiger partial charge in [0, 0.05) is 30.9 Å². The lowest BCUT2D eigenvalue weighted by atomic mass is 10.1. The zero-order valence-electron chi connectivity index (χ0n) is 13.4. The minimum atomic E-state index is 0.138. The number of amidine groups is 1. The first-order valence-electron chi connectivity index (χ1n) is 7.16. The Morgan fingerprint density at radius 2 is 1.90 bits per heavy atom. The van der Waals surface area contributed by atoms with Crippen molar-refractivity contribution in [1.29, 1.82) is 5.41 Å². The molecule has 1 aromatic carbocycles. The summed E-state index contributed by atoms with van der Waals surface area (Å²) in [4.78, 5) is 4.52. The van der Waals surface area contributed by atoms with E-state index < -0.39 is 0 Å². The second-order valence-electron chi connectivity index (χ2n) is 6.08. The van der Waals surface area contributed by atoms with Crippen molar-refractivity contribution in [2.75, 3.05) is 38.6 Å². The topological polar surface area (TPSA) is 56.4 Å². The molecule has 1 rings (SSSR count). The van der Waals surface area contributed by atoms with Crippen LogP contribution in [0.1, 0.15) is 25.0 Å². The van der Waals surface area contributed by atoms with Gasteiger partial charge in [0.15, 0.2) is 0 Å². The Morgan fingerprint density at radius 1 is 1.25 bits per heavy atom. The van der Waals surface area contributed by atoms with Gasteiger partial charge in [-0.2, -0.15) is 0 Å². The molecule has 0 unspecified atom stereocenters. The fraction of sp³-hybridized carbons (Fsp3) is 0.562. The fourth-order valence-electron chi connectivity index (χ4n) is 2.20. The Balaban J connectivity index is 3.10. The first kappa shape index (κ1) is 16.5. The second-order valence-corrected chi connectivity index (χ2v) is 6.08. The number of likely N-dealkylation sites (N-methyl/N-ethyl adjacent to an activating group) is 1. The molecule has 0 heterocycles. The van der Waals surface area contributed by atoms with Gasteiger partial charge in [-0.3, -0.25) is 5.41 Å². The molecule has 0 amide bonds. The summed E-state index contributed by atoms with van der Waals surface area (Å²) in [5, 5.41) is 7.78. The van der Waals surface area contributed by atoms with Crippen LogP contribution in [0.3, 0.4) is 0 Å². The maximum Gasteiger partial charge on any atom is 0.124 e. The number of nitrogens with zero attached hydrogens (tertiary/aromatic N) is 2. The molecule has 0 aliphatic carbocycles. The molecule has 20 heavy (non-hydrogen) atoms. The van der Waals surface area contributed by atoms with E-state index in [0.29, 0.717) is 5.92 Å². The van der Waals surface area contributed by atoms with Crippen molar-refractivity contribution in [3.63, 3.8) is 0 Å². The molecular weight excluding hydrogens is 248 g/mol. The minimum absolute atomic E-state index is 0.138. The maximum absolute atomic E-state index is 7.78. The molecular formula is C16H28N4. The number of anilines is 1. The summed E-state index contributed by atoms with van der Waals surface area (Å²) in [7, 11) is 4.16. The van der Waals surface area contributed by atoms with E-state index >= 15 is 0 Å². The quantitative estimate of drug-likeness (QED) is 0.593. The van der Waals surface area contributed by atoms with Gasteiger partial charge in [0.05, 0.1) is 0 Å². The molecule has 3 N–H and O–H groups in total. The molecule has 0 aromatic heterocycles. The van der Waals surface area contributed by atoms with Crippen LogP contribution in [0.2, 0.25) is 0 Å². The summed E-state index contributed by atoms with van der Waals surface area (Å²) in [6, 6.07) is 6.10. The lowest BCUT2D eigenvalue weighted by molar-refractivity contribution is 0.409. The van der Waals surface area contributed by atoms with Crippen LogP contribution in [0, 0.1) is 18.3 Å². The number of nitrogens with one attached hydrogen (secondary N) is 1. The molecule has 0 atom stereocenters. The highest BCUT2D eigenvalue weighted by Crippen LogP contribution is 2.23. The van der Waals surface area contributed by atoms with Crippen LogP contribution < -0.4 is 10.6 Å². The van der Waals surface area contributed by atoms with Crippen molar-refractivity contribution in [1.82, 2.24) is 4.90 Å². The molecule has 0 saturated carbocycles. The standard InChI is InChI=1S/C16H28N4/c1-12(2)11-20(9-8-19(4)5)15-10-13(3)6-7-14(15)16(17)18/h6-7,10,12H,8-9,11H2,1-5H3,(H3,17,18). The lowest BCUT2D eigenvalue weighted by Gasteiger charge is -2.30. The summed E-state index contributed by atoms with van der Waals surface area (Å²) < 4.78 is 0. The summed E-state index contributed by atoms with van der Waals surface area (Å²) in [6.07, 6.45) is 0. The third kappa shape index (κ3) is 4.85. The van der Waals surface area contributed by atoms with E-state index in [1.54, 1.807) is 0 Å². The first-order valence-corrected chi connectivity index (χ1v) is 7.16. The highest BCUT2D eigenvalue weighted by atomic mass is 15.2. The smallest absolute Gasteiger partial charge is 0.124 e. The van der Waals surface area contributed by atoms with E-state index in [9.17, 15) is 0 Å². The Bertz CT molecular complexity index is 452. The van der Waals surface area contributed by atoms with E-state index in [0.717, 1.165) is 30.9 Å². The predicted octanol–water partition coefficient (Wildman–Crippen LogP) is 2.30. The number of hydrogen-bond acceptors (Lipinski definition) is 3. The van der Waals surface area contributed by atoms with Crippen LogP contribution in [0.25, 0.3) is 0 Å². The van der Waals surface area contributed by atoms with Crippen LogP contribution in [-0.2, 0) is 0 Å². The largest absolute Gasteiger partial charge is 0.384 e. The fourth-order valence-corrected chi connectivity index (χ4v) is 2.20. The number of hydrogen-bond donors (Lipinski definition) is 2. The van der Waals surface area contributed by atoms with Crippen molar-refractivity contribution >= 4 is 11.5 Å². The van der Waals surface area contributed by atoms with Crippen LogP contribution in [0.5, 0.6) is 0 Å². The number of nitrogens with two attached hydrogens (primary N) is 1. The molecule has 0 bridgehead atoms. The molecule has 4 nitrogen and oxygen atoms in total. The molecule has 0 radical (unpaired) electrons. The van der Waals surface area contributed by atoms with Crippen molar-refractivity contribution in [3.8, 4) is 0 Å². The first-order chi connectivity index (χ1) is 9.31. The van der Waals surface area contributed by atoms with Crippen molar-refractivity contribution in [2.24, 2.45) is 11.7 Å². The molecule has 0 saturated heterocycles. The van der Waals surface area contributed by atoms with E-state index in [4.69, 9.17) is 11.1 Å². The lowest BCUT2D eigenvalue weighted by Crippen LogP contribution is -2.35. The Kier molecular flexibility index (Phi) is 6.02. The van der Waals surface area contributed by atoms with Crippen molar-refractivity contribution < 1.29 is 0 Å². The summed E-state index contributed by atoms with van der Waals surface area (Å²) in [6.45, 7) is 9.40. The molecule has 0 aliphatic rings. The highest BCUT2D eigenvalue weighted by molar-refractivity contribution is 6.00. The van der Waals surface area contributed by atoms with Crippen LogP contribution in [-0.4, -0.2) is 44.5 Å². The zero-order chi connectivity index (χ0) is 15.3. The predicted molar refractivity (Wildman–Crippen MR) is 87.8 cm³/mol. The normalized spacial score (nSPS) is 11.2. The third-order valence-corrected chi connectivity index (χ3v) is 3.19. The second kappa shape index (κ2) is 7.29. The van der Waals surface area contributed by atoms with Gasteiger partial charge < -0.3 is 15.5 Å². The Morgan fingerprint density at radius 3 is 2.40 bits per heavy atom. The number of aryl methyl sites for hydroxylation is 1. The maximum atomic E-state index is 7.78. The molecule has 0 aliphatic heterocycles. The van der Waals surface area contributed by atoms with Crippen molar-refractivity contribution in [3.05, 3.63) is 29.3 Å². The Hall–Kier alpha value is -1.55. The average Bonchev–Trinajstić information content (AvgIpc) is 2.33. The van der Waals surface area contributed by atoms with E-state index in [-0.39, 0.29) is 5.84 Å². The molecule has 4 heteroatoms. The molecule has 1 aromatic rings. The van der Waals surface area contributed by atoms with Gasteiger partial charge in [0.25, 0.3) is 0 Å². The van der Waals surface area contributed by atoms with Crippen LogP contribution in [0.4, 0.5) is 5.69 Å². The van der Waals surface area contributed by atoms with Gasteiger partial charge in [-0.25, -0.2) is 0 Å². The van der Waals surface area contributed by atoms with Gasteiger partial charge in [0.1, 0.15) is 5.84 Å². The van der Waals surface area contributed by atoms with Crippen molar-refractivity contribution in [2.45, 2.75) is 20.8 Å². The summed E-state index contributed by atoms with van der Waals surface area (Å²) in [5.41, 5.74) is 8.84. The molecule has 112 valence electrons. The SMILES string of the molecule is Cc1ccc(C(=N)N)c(N(CCN(C)C)CC(C)C)c1. The van der Waals surface area contributed by atoms with Gasteiger partial charge in [-0.15, -0.1) is 0 Å². The van der Waals surface area contributed by atoms with Crippen LogP contribution >= 0.6 is 0 Å². The number of nitrogen functional groups attached to an aromatic ring is 1. The summed E-state index contributed by atoms with van der Waals surface area (Å²) >= 11 is 0. The summed E-state index contributed by atoms with van der Waals surface area (Å²) in [5.74, 6) is 0.705. The van der Waals surface area contributed by atoms with E-state index in [1.807, 2.05) is 12.1 Å². The van der Waals surface area contributed by atoms with E-state index in [2.05, 4.69) is 50.7 Å². The monoisotopic (exact) mass is 276 g/mol. The minimum Gasteiger partial charge on any atom is -0.384 e. The van der Waals surface area contributed by atoms with Gasteiger partial charge >= 0.3 is 0 Å². The molecule has 0 fully saturated rings. The highest BCUT2D eigenvalue weighted by Gasteiger charge is 2.15. The van der Waals surface area contributed by atoms with Gasteiger partial charge in [0.2, 0.25) is 0 Å².